The molecular weight excluding hydrogens is 196 g/mol. The Morgan fingerprint density at radius 2 is 2.40 bits per heavy atom. The van der Waals surface area contributed by atoms with Gasteiger partial charge in [0.2, 0.25) is 0 Å². The Kier molecular flexibility index (Phi) is 4.11. The molecule has 6 nitrogen and oxygen atoms in total. The van der Waals surface area contributed by atoms with E-state index in [1.165, 1.54) is 4.90 Å². The van der Waals surface area contributed by atoms with Gasteiger partial charge in [-0.2, -0.15) is 5.10 Å². The summed E-state index contributed by atoms with van der Waals surface area (Å²) in [6.45, 7) is 1.27. The van der Waals surface area contributed by atoms with E-state index in [2.05, 4.69) is 10.4 Å². The zero-order valence-corrected chi connectivity index (χ0v) is 9.23. The van der Waals surface area contributed by atoms with Gasteiger partial charge in [0.1, 0.15) is 0 Å². The second-order valence-corrected chi connectivity index (χ2v) is 3.31. The molecule has 0 aliphatic rings. The average molecular weight is 212 g/mol. The van der Waals surface area contributed by atoms with Gasteiger partial charge >= 0.3 is 6.03 Å². The van der Waals surface area contributed by atoms with Crippen LogP contribution in [0.5, 0.6) is 0 Å². The smallest absolute Gasteiger partial charge is 0.321 e. The van der Waals surface area contributed by atoms with Crippen LogP contribution in [0, 0.1) is 0 Å². The highest BCUT2D eigenvalue weighted by molar-refractivity contribution is 5.88. The maximum Gasteiger partial charge on any atom is 0.321 e. The molecule has 0 saturated carbocycles. The Balaban J connectivity index is 2.49. The van der Waals surface area contributed by atoms with Crippen molar-refractivity contribution in [1.29, 1.82) is 0 Å². The second-order valence-electron chi connectivity index (χ2n) is 3.31. The van der Waals surface area contributed by atoms with Crippen LogP contribution < -0.4 is 5.32 Å². The number of carbonyl (C=O) groups is 1. The van der Waals surface area contributed by atoms with Crippen LogP contribution in [-0.4, -0.2) is 48.5 Å². The number of carbonyl (C=O) groups excluding carboxylic acids is 1. The van der Waals surface area contributed by atoms with Gasteiger partial charge in [-0.3, -0.25) is 4.68 Å². The molecule has 1 rings (SSSR count). The van der Waals surface area contributed by atoms with Gasteiger partial charge in [-0.15, -0.1) is 0 Å². The number of amides is 2. The van der Waals surface area contributed by atoms with Gasteiger partial charge in [0, 0.05) is 27.4 Å². The van der Waals surface area contributed by atoms with Gasteiger partial charge in [0.15, 0.2) is 0 Å². The third-order valence-corrected chi connectivity index (χ3v) is 1.82. The highest BCUT2D eigenvalue weighted by atomic mass is 16.5. The van der Waals surface area contributed by atoms with Crippen LogP contribution in [0.1, 0.15) is 0 Å². The van der Waals surface area contributed by atoms with Crippen LogP contribution in [0.4, 0.5) is 10.5 Å². The standard InChI is InChI=1S/C9H16N4O2/c1-12(2)9(14)11-8-6-10-13(7-8)4-5-15-3/h6-7H,4-5H2,1-3H3,(H,11,14). The molecule has 0 atom stereocenters. The molecule has 0 aromatic carbocycles. The molecule has 1 N–H and O–H groups in total. The molecule has 0 aliphatic heterocycles. The molecule has 1 heterocycles. The number of hydrogen-bond donors (Lipinski definition) is 1. The number of nitrogens with one attached hydrogen (secondary N) is 1. The Bertz CT molecular complexity index is 322. The minimum absolute atomic E-state index is 0.165. The van der Waals surface area contributed by atoms with Gasteiger partial charge < -0.3 is 15.0 Å². The predicted molar refractivity (Wildman–Crippen MR) is 56.8 cm³/mol. The molecular formula is C9H16N4O2. The molecule has 0 saturated heterocycles. The van der Waals surface area contributed by atoms with Crippen LogP contribution in [0.25, 0.3) is 0 Å². The van der Waals surface area contributed by atoms with E-state index in [1.807, 2.05) is 0 Å². The van der Waals surface area contributed by atoms with Crippen LogP contribution >= 0.6 is 0 Å². The normalized spacial score (nSPS) is 10.1. The lowest BCUT2D eigenvalue weighted by molar-refractivity contribution is 0.183. The lowest BCUT2D eigenvalue weighted by Crippen LogP contribution is -2.27. The minimum Gasteiger partial charge on any atom is -0.383 e. The second kappa shape index (κ2) is 5.35. The zero-order chi connectivity index (χ0) is 11.3. The number of anilines is 1. The summed E-state index contributed by atoms with van der Waals surface area (Å²) in [5.41, 5.74) is 0.685. The molecule has 84 valence electrons. The lowest BCUT2D eigenvalue weighted by atomic mass is 10.5. The fourth-order valence-corrected chi connectivity index (χ4v) is 0.971. The Morgan fingerprint density at radius 1 is 1.67 bits per heavy atom. The molecule has 2 amide bonds. The Labute approximate surface area is 88.8 Å². The molecule has 0 spiro atoms. The van der Waals surface area contributed by atoms with E-state index in [0.717, 1.165) is 0 Å². The summed E-state index contributed by atoms with van der Waals surface area (Å²) in [6, 6.07) is -0.165. The molecule has 0 bridgehead atoms. The first-order valence-corrected chi connectivity index (χ1v) is 4.63. The maximum atomic E-state index is 11.3. The van der Waals surface area contributed by atoms with Crippen molar-refractivity contribution in [1.82, 2.24) is 14.7 Å². The number of ether oxygens (including phenoxy) is 1. The highest BCUT2D eigenvalue weighted by Gasteiger charge is 2.05. The summed E-state index contributed by atoms with van der Waals surface area (Å²) in [6.07, 6.45) is 3.37. The number of urea groups is 1. The van der Waals surface area contributed by atoms with Gasteiger partial charge in [0.05, 0.1) is 25.0 Å². The Hall–Kier alpha value is -1.56. The fraction of sp³-hybridized carbons (Fsp3) is 0.556. The van der Waals surface area contributed by atoms with E-state index in [0.29, 0.717) is 18.8 Å². The molecule has 0 aliphatic carbocycles. The van der Waals surface area contributed by atoms with Crippen LogP contribution in [0.2, 0.25) is 0 Å². The van der Waals surface area contributed by atoms with Crippen LogP contribution in [0.3, 0.4) is 0 Å². The van der Waals surface area contributed by atoms with Crippen molar-refractivity contribution in [2.45, 2.75) is 6.54 Å². The summed E-state index contributed by atoms with van der Waals surface area (Å²) in [7, 11) is 5.01. The number of nitrogens with zero attached hydrogens (tertiary/aromatic N) is 3. The van der Waals surface area contributed by atoms with Crippen molar-refractivity contribution in [2.75, 3.05) is 33.1 Å². The predicted octanol–water partition coefficient (Wildman–Crippen LogP) is 0.623. The van der Waals surface area contributed by atoms with Gasteiger partial charge in [-0.1, -0.05) is 0 Å². The molecule has 15 heavy (non-hydrogen) atoms. The van der Waals surface area contributed by atoms with Crippen molar-refractivity contribution in [2.24, 2.45) is 0 Å². The monoisotopic (exact) mass is 212 g/mol. The molecule has 0 unspecified atom stereocenters. The van der Waals surface area contributed by atoms with Gasteiger partial charge in [-0.25, -0.2) is 4.79 Å². The SMILES string of the molecule is COCCn1cc(NC(=O)N(C)C)cn1. The topological polar surface area (TPSA) is 59.4 Å². The van der Waals surface area contributed by atoms with Gasteiger partial charge in [-0.05, 0) is 0 Å². The Morgan fingerprint density at radius 3 is 3.00 bits per heavy atom. The zero-order valence-electron chi connectivity index (χ0n) is 9.23. The van der Waals surface area contributed by atoms with E-state index in [-0.39, 0.29) is 6.03 Å². The summed E-state index contributed by atoms with van der Waals surface area (Å²) >= 11 is 0. The van der Waals surface area contributed by atoms with Crippen LogP contribution in [-0.2, 0) is 11.3 Å². The summed E-state index contributed by atoms with van der Waals surface area (Å²) in [5, 5.41) is 6.77. The van der Waals surface area contributed by atoms with Crippen LogP contribution in [0.15, 0.2) is 12.4 Å². The largest absolute Gasteiger partial charge is 0.383 e. The first-order chi connectivity index (χ1) is 7.13. The summed E-state index contributed by atoms with van der Waals surface area (Å²) in [5.74, 6) is 0. The van der Waals surface area contributed by atoms with Crippen molar-refractivity contribution in [3.63, 3.8) is 0 Å². The molecule has 6 heteroatoms. The van der Waals surface area contributed by atoms with Crippen molar-refractivity contribution >= 4 is 11.7 Å². The highest BCUT2D eigenvalue weighted by Crippen LogP contribution is 2.05. The van der Waals surface area contributed by atoms with E-state index in [1.54, 1.807) is 38.3 Å². The molecule has 1 aromatic heterocycles. The average Bonchev–Trinajstić information content (AvgIpc) is 2.62. The van der Waals surface area contributed by atoms with Gasteiger partial charge in [0.25, 0.3) is 0 Å². The van der Waals surface area contributed by atoms with E-state index >= 15 is 0 Å². The van der Waals surface area contributed by atoms with Crippen molar-refractivity contribution in [3.8, 4) is 0 Å². The van der Waals surface area contributed by atoms with E-state index in [4.69, 9.17) is 4.74 Å². The first-order valence-electron chi connectivity index (χ1n) is 4.63. The van der Waals surface area contributed by atoms with E-state index in [9.17, 15) is 4.79 Å². The quantitative estimate of drug-likeness (QED) is 0.796. The molecule has 0 radical (unpaired) electrons. The van der Waals surface area contributed by atoms with Crippen molar-refractivity contribution < 1.29 is 9.53 Å². The number of aromatic nitrogens is 2. The minimum atomic E-state index is -0.165. The summed E-state index contributed by atoms with van der Waals surface area (Å²) in [4.78, 5) is 12.8. The summed E-state index contributed by atoms with van der Waals surface area (Å²) < 4.78 is 6.63. The number of hydrogen-bond acceptors (Lipinski definition) is 3. The molecule has 1 aromatic rings. The first kappa shape index (κ1) is 11.5. The third-order valence-electron chi connectivity index (χ3n) is 1.82. The van der Waals surface area contributed by atoms with Crippen molar-refractivity contribution in [3.05, 3.63) is 12.4 Å². The maximum absolute atomic E-state index is 11.3. The number of rotatable bonds is 4. The third kappa shape index (κ3) is 3.59. The molecule has 0 fully saturated rings. The van der Waals surface area contributed by atoms with E-state index < -0.39 is 0 Å². The lowest BCUT2D eigenvalue weighted by Gasteiger charge is -2.09. The number of methoxy groups -OCH3 is 1. The fourth-order valence-electron chi connectivity index (χ4n) is 0.971.